The summed E-state index contributed by atoms with van der Waals surface area (Å²) in [5.41, 5.74) is 3.23. The molecule has 0 saturated heterocycles. The lowest BCUT2D eigenvalue weighted by atomic mass is 10.1. The molecule has 0 aliphatic carbocycles. The van der Waals surface area contributed by atoms with Crippen molar-refractivity contribution >= 4 is 27.3 Å². The third kappa shape index (κ3) is 6.58. The normalized spacial score (nSPS) is 11.3. The van der Waals surface area contributed by atoms with Crippen LogP contribution in [-0.2, 0) is 10.0 Å². The van der Waals surface area contributed by atoms with Gasteiger partial charge in [0.1, 0.15) is 5.75 Å². The Kier molecular flexibility index (Phi) is 7.76. The number of amides is 1. The number of carbonyl (C=O) groups excluding carboxylic acids is 1. The highest BCUT2D eigenvalue weighted by molar-refractivity contribution is 7.92. The molecule has 0 atom stereocenters. The van der Waals surface area contributed by atoms with Gasteiger partial charge in [0.05, 0.1) is 17.2 Å². The second-order valence-corrected chi connectivity index (χ2v) is 10.1. The zero-order valence-electron chi connectivity index (χ0n) is 19.4. The topological polar surface area (TPSA) is 84.5 Å². The lowest BCUT2D eigenvalue weighted by molar-refractivity contribution is 0.102. The number of hydrogen-bond donors (Lipinski definition) is 2. The molecule has 0 aliphatic heterocycles. The second kappa shape index (κ2) is 10.5. The quantitative estimate of drug-likeness (QED) is 0.419. The molecule has 0 bridgehead atoms. The lowest BCUT2D eigenvalue weighted by Gasteiger charge is -2.13. The van der Waals surface area contributed by atoms with Crippen LogP contribution in [0.25, 0.3) is 0 Å². The highest BCUT2D eigenvalue weighted by Gasteiger charge is 2.17. The van der Waals surface area contributed by atoms with E-state index < -0.39 is 10.0 Å². The summed E-state index contributed by atoms with van der Waals surface area (Å²) in [6, 6.07) is 18.7. The Morgan fingerprint density at radius 2 is 1.58 bits per heavy atom. The van der Waals surface area contributed by atoms with Gasteiger partial charge in [0.25, 0.3) is 15.9 Å². The highest BCUT2D eigenvalue weighted by Crippen LogP contribution is 2.24. The summed E-state index contributed by atoms with van der Waals surface area (Å²) in [4.78, 5) is 12.8. The molecule has 0 heterocycles. The number of anilines is 2. The summed E-state index contributed by atoms with van der Waals surface area (Å²) in [6.07, 6.45) is 0.934. The highest BCUT2D eigenvalue weighted by atomic mass is 32.2. The molecule has 0 aromatic heterocycles. The van der Waals surface area contributed by atoms with E-state index in [1.807, 2.05) is 38.1 Å². The molecular weight excluding hydrogens is 436 g/mol. The molecule has 0 spiro atoms. The summed E-state index contributed by atoms with van der Waals surface area (Å²) < 4.78 is 34.0. The predicted octanol–water partition coefficient (Wildman–Crippen LogP) is 5.78. The van der Waals surface area contributed by atoms with Crippen LogP contribution in [-0.4, -0.2) is 20.9 Å². The van der Waals surface area contributed by atoms with Crippen LogP contribution in [0.4, 0.5) is 11.4 Å². The number of aryl methyl sites for hydroxylation is 2. The average Bonchev–Trinajstić information content (AvgIpc) is 2.77. The van der Waals surface area contributed by atoms with Crippen LogP contribution < -0.4 is 14.8 Å². The molecule has 7 heteroatoms. The molecular formula is C26H30N2O4S. The maximum absolute atomic E-state index is 12.8. The zero-order chi connectivity index (χ0) is 24.0. The number of carbonyl (C=O) groups is 1. The number of rotatable bonds is 9. The van der Waals surface area contributed by atoms with E-state index in [1.54, 1.807) is 30.3 Å². The van der Waals surface area contributed by atoms with Crippen LogP contribution in [0.1, 0.15) is 41.8 Å². The van der Waals surface area contributed by atoms with E-state index in [9.17, 15) is 13.2 Å². The van der Waals surface area contributed by atoms with Crippen molar-refractivity contribution in [2.45, 2.75) is 39.0 Å². The van der Waals surface area contributed by atoms with Crippen molar-refractivity contribution in [3.63, 3.8) is 0 Å². The van der Waals surface area contributed by atoms with Crippen molar-refractivity contribution in [3.05, 3.63) is 83.4 Å². The predicted molar refractivity (Wildman–Crippen MR) is 133 cm³/mol. The number of ether oxygens (including phenoxy) is 1. The van der Waals surface area contributed by atoms with Crippen molar-refractivity contribution in [2.75, 3.05) is 16.6 Å². The molecule has 33 heavy (non-hydrogen) atoms. The molecule has 0 fully saturated rings. The molecule has 6 nitrogen and oxygen atoms in total. The van der Waals surface area contributed by atoms with E-state index in [-0.39, 0.29) is 10.8 Å². The molecule has 3 aromatic carbocycles. The molecule has 2 N–H and O–H groups in total. The van der Waals surface area contributed by atoms with Crippen molar-refractivity contribution in [1.29, 1.82) is 0 Å². The molecule has 3 aromatic rings. The van der Waals surface area contributed by atoms with Gasteiger partial charge in [-0.25, -0.2) is 8.42 Å². The van der Waals surface area contributed by atoms with E-state index in [4.69, 9.17) is 4.74 Å². The summed E-state index contributed by atoms with van der Waals surface area (Å²) in [7, 11) is -3.76. The molecule has 0 unspecified atom stereocenters. The van der Waals surface area contributed by atoms with Gasteiger partial charge in [-0.05, 0) is 79.8 Å². The molecule has 0 aliphatic rings. The van der Waals surface area contributed by atoms with Gasteiger partial charge in [0.15, 0.2) is 0 Å². The largest absolute Gasteiger partial charge is 0.494 e. The zero-order valence-corrected chi connectivity index (χ0v) is 20.2. The third-order valence-corrected chi connectivity index (χ3v) is 6.57. The van der Waals surface area contributed by atoms with E-state index >= 15 is 0 Å². The van der Waals surface area contributed by atoms with Gasteiger partial charge < -0.3 is 10.1 Å². The number of benzene rings is 3. The summed E-state index contributed by atoms with van der Waals surface area (Å²) in [5, 5.41) is 2.80. The van der Waals surface area contributed by atoms with Crippen molar-refractivity contribution in [1.82, 2.24) is 0 Å². The van der Waals surface area contributed by atoms with Crippen molar-refractivity contribution < 1.29 is 17.9 Å². The van der Waals surface area contributed by atoms with E-state index in [1.165, 1.54) is 12.1 Å². The van der Waals surface area contributed by atoms with E-state index in [2.05, 4.69) is 23.9 Å². The summed E-state index contributed by atoms with van der Waals surface area (Å²) in [5.74, 6) is 0.884. The fourth-order valence-corrected chi connectivity index (χ4v) is 4.43. The fraction of sp³-hybridized carbons (Fsp3) is 0.269. The minimum absolute atomic E-state index is 0.115. The van der Waals surface area contributed by atoms with Crippen LogP contribution in [0.3, 0.4) is 0 Å². The number of nitrogens with one attached hydrogen (secondary N) is 2. The third-order valence-electron chi connectivity index (χ3n) is 5.20. The minimum atomic E-state index is -3.76. The monoisotopic (exact) mass is 466 g/mol. The Bertz CT molecular complexity index is 1200. The number of hydrogen-bond acceptors (Lipinski definition) is 4. The second-order valence-electron chi connectivity index (χ2n) is 8.41. The van der Waals surface area contributed by atoms with Gasteiger partial charge in [-0.1, -0.05) is 38.1 Å². The Hall–Kier alpha value is -3.32. The fourth-order valence-electron chi connectivity index (χ4n) is 3.23. The molecule has 3 rings (SSSR count). The lowest BCUT2D eigenvalue weighted by Crippen LogP contribution is -2.15. The van der Waals surface area contributed by atoms with Crippen molar-refractivity contribution in [2.24, 2.45) is 5.92 Å². The van der Waals surface area contributed by atoms with Crippen LogP contribution in [0.5, 0.6) is 5.75 Å². The molecule has 0 saturated carbocycles. The minimum Gasteiger partial charge on any atom is -0.494 e. The van der Waals surface area contributed by atoms with Gasteiger partial charge in [-0.3, -0.25) is 9.52 Å². The van der Waals surface area contributed by atoms with Gasteiger partial charge in [0.2, 0.25) is 0 Å². The summed E-state index contributed by atoms with van der Waals surface area (Å²) >= 11 is 0. The Balaban J connectivity index is 1.67. The van der Waals surface area contributed by atoms with E-state index in [0.29, 0.717) is 35.2 Å². The first kappa shape index (κ1) is 24.3. The Labute approximate surface area is 196 Å². The SMILES string of the molecule is Cc1cccc(C)c1NS(=O)(=O)c1ccc(NC(=O)c2cccc(OCCC(C)C)c2)cc1. The Morgan fingerprint density at radius 3 is 2.21 bits per heavy atom. The molecule has 174 valence electrons. The van der Waals surface area contributed by atoms with Gasteiger partial charge in [0, 0.05) is 11.3 Å². The van der Waals surface area contributed by atoms with E-state index in [0.717, 1.165) is 17.5 Å². The standard InChI is InChI=1S/C26H30N2O4S/c1-18(2)15-16-32-23-10-6-9-21(17-23)26(29)27-22-11-13-24(14-12-22)33(30,31)28-25-19(3)7-5-8-20(25)4/h5-14,17-18,28H,15-16H2,1-4H3,(H,27,29). The van der Waals surface area contributed by atoms with Gasteiger partial charge in [-0.2, -0.15) is 0 Å². The van der Waals surface area contributed by atoms with Gasteiger partial charge >= 0.3 is 0 Å². The first-order valence-corrected chi connectivity index (χ1v) is 12.4. The number of para-hydroxylation sites is 1. The maximum Gasteiger partial charge on any atom is 0.261 e. The van der Waals surface area contributed by atoms with Crippen LogP contribution >= 0.6 is 0 Å². The number of sulfonamides is 1. The molecule has 1 amide bonds. The first-order valence-electron chi connectivity index (χ1n) is 10.9. The van der Waals surface area contributed by atoms with Crippen LogP contribution in [0.2, 0.25) is 0 Å². The van der Waals surface area contributed by atoms with Crippen molar-refractivity contribution in [3.8, 4) is 5.75 Å². The Morgan fingerprint density at radius 1 is 0.939 bits per heavy atom. The first-order chi connectivity index (χ1) is 15.7. The summed E-state index contributed by atoms with van der Waals surface area (Å²) in [6.45, 7) is 8.56. The van der Waals surface area contributed by atoms with Crippen LogP contribution in [0, 0.1) is 19.8 Å². The average molecular weight is 467 g/mol. The molecule has 0 radical (unpaired) electrons. The smallest absolute Gasteiger partial charge is 0.261 e. The van der Waals surface area contributed by atoms with Crippen LogP contribution in [0.15, 0.2) is 71.6 Å². The maximum atomic E-state index is 12.8. The van der Waals surface area contributed by atoms with Gasteiger partial charge in [-0.15, -0.1) is 0 Å².